The van der Waals surface area contributed by atoms with Crippen LogP contribution in [-0.4, -0.2) is 57.9 Å². The maximum atomic E-state index is 12.5. The Morgan fingerprint density at radius 2 is 1.78 bits per heavy atom. The highest BCUT2D eigenvalue weighted by Crippen LogP contribution is 2.25. The van der Waals surface area contributed by atoms with Crippen molar-refractivity contribution >= 4 is 29.3 Å². The van der Waals surface area contributed by atoms with Gasteiger partial charge in [0.05, 0.1) is 11.4 Å². The molecule has 1 heterocycles. The van der Waals surface area contributed by atoms with Crippen molar-refractivity contribution in [2.24, 2.45) is 0 Å². The number of likely N-dealkylation sites (N-methyl/N-ethyl adjacent to an activating group) is 1. The fraction of sp³-hybridized carbons (Fsp3) is 0.304. The molecule has 0 saturated carbocycles. The third-order valence-electron chi connectivity index (χ3n) is 4.73. The van der Waals surface area contributed by atoms with E-state index in [0.29, 0.717) is 16.6 Å². The van der Waals surface area contributed by atoms with Gasteiger partial charge in [0.15, 0.2) is 11.8 Å². The molecule has 2 aromatic carbocycles. The Bertz CT molecular complexity index is 1110. The lowest BCUT2D eigenvalue weighted by molar-refractivity contribution is -0.130. The van der Waals surface area contributed by atoms with Gasteiger partial charge in [-0.2, -0.15) is 0 Å². The zero-order chi connectivity index (χ0) is 23.3. The molecule has 0 atom stereocenters. The van der Waals surface area contributed by atoms with Gasteiger partial charge >= 0.3 is 0 Å². The van der Waals surface area contributed by atoms with Crippen LogP contribution in [0.4, 0.5) is 5.69 Å². The van der Waals surface area contributed by atoms with Crippen LogP contribution in [0.25, 0.3) is 5.69 Å². The fourth-order valence-corrected chi connectivity index (χ4v) is 3.70. The summed E-state index contributed by atoms with van der Waals surface area (Å²) in [6.07, 6.45) is 0. The minimum Gasteiger partial charge on any atom is -0.484 e. The van der Waals surface area contributed by atoms with Crippen LogP contribution >= 0.6 is 11.8 Å². The van der Waals surface area contributed by atoms with Gasteiger partial charge in [0, 0.05) is 19.8 Å². The van der Waals surface area contributed by atoms with Crippen molar-refractivity contribution in [3.8, 4) is 11.4 Å². The highest BCUT2D eigenvalue weighted by atomic mass is 32.2. The summed E-state index contributed by atoms with van der Waals surface area (Å²) in [5.41, 5.74) is 3.91. The molecule has 3 rings (SSSR count). The lowest BCUT2D eigenvalue weighted by Crippen LogP contribution is -2.27. The first-order valence-electron chi connectivity index (χ1n) is 10.1. The summed E-state index contributed by atoms with van der Waals surface area (Å²) in [5, 5.41) is 12.0. The SMILES string of the molecule is Cc1ccc(C)c(-n2c(C)nnc2SCC(=O)Nc2ccc(OCC(=O)N(C)C)cc2)c1. The quantitative estimate of drug-likeness (QED) is 0.526. The molecule has 32 heavy (non-hydrogen) atoms. The van der Waals surface area contributed by atoms with Gasteiger partial charge < -0.3 is 15.0 Å². The molecule has 0 radical (unpaired) electrons. The minimum atomic E-state index is -0.153. The van der Waals surface area contributed by atoms with Gasteiger partial charge in [0.2, 0.25) is 5.91 Å². The highest BCUT2D eigenvalue weighted by Gasteiger charge is 2.15. The van der Waals surface area contributed by atoms with Crippen LogP contribution in [0.1, 0.15) is 17.0 Å². The summed E-state index contributed by atoms with van der Waals surface area (Å²) >= 11 is 1.33. The van der Waals surface area contributed by atoms with Crippen LogP contribution in [0, 0.1) is 20.8 Å². The third kappa shape index (κ3) is 5.88. The molecule has 1 aromatic heterocycles. The van der Waals surface area contributed by atoms with Crippen molar-refractivity contribution in [2.75, 3.05) is 31.8 Å². The Balaban J connectivity index is 1.59. The van der Waals surface area contributed by atoms with Crippen molar-refractivity contribution in [1.82, 2.24) is 19.7 Å². The number of thioether (sulfide) groups is 1. The lowest BCUT2D eigenvalue weighted by Gasteiger charge is -2.12. The summed E-state index contributed by atoms with van der Waals surface area (Å²) in [6, 6.07) is 13.1. The molecule has 0 aliphatic heterocycles. The van der Waals surface area contributed by atoms with Crippen molar-refractivity contribution in [2.45, 2.75) is 25.9 Å². The molecule has 0 aliphatic rings. The van der Waals surface area contributed by atoms with Crippen LogP contribution in [0.15, 0.2) is 47.6 Å². The molecule has 0 fully saturated rings. The number of ether oxygens (including phenoxy) is 1. The van der Waals surface area contributed by atoms with Crippen LogP contribution in [0.5, 0.6) is 5.75 Å². The lowest BCUT2D eigenvalue weighted by atomic mass is 10.1. The molecule has 9 heteroatoms. The van der Waals surface area contributed by atoms with Gasteiger partial charge in [0.1, 0.15) is 11.6 Å². The number of nitrogens with one attached hydrogen (secondary N) is 1. The molecule has 3 aromatic rings. The highest BCUT2D eigenvalue weighted by molar-refractivity contribution is 7.99. The summed E-state index contributed by atoms with van der Waals surface area (Å²) < 4.78 is 7.42. The first kappa shape index (κ1) is 23.3. The number of hydrogen-bond acceptors (Lipinski definition) is 6. The van der Waals surface area contributed by atoms with Gasteiger partial charge in [-0.05, 0) is 62.2 Å². The van der Waals surface area contributed by atoms with E-state index in [2.05, 4.69) is 33.7 Å². The van der Waals surface area contributed by atoms with Gasteiger partial charge in [-0.25, -0.2) is 0 Å². The number of aromatic nitrogens is 3. The van der Waals surface area contributed by atoms with Crippen molar-refractivity contribution in [3.63, 3.8) is 0 Å². The van der Waals surface area contributed by atoms with E-state index in [0.717, 1.165) is 22.6 Å². The molecule has 8 nitrogen and oxygen atoms in total. The molecule has 0 spiro atoms. The number of carbonyl (C=O) groups is 2. The monoisotopic (exact) mass is 453 g/mol. The van der Waals surface area contributed by atoms with Crippen LogP contribution < -0.4 is 10.1 Å². The van der Waals surface area contributed by atoms with Crippen molar-refractivity contribution in [1.29, 1.82) is 0 Å². The average molecular weight is 454 g/mol. The van der Waals surface area contributed by atoms with Crippen molar-refractivity contribution < 1.29 is 14.3 Å². The number of rotatable bonds is 8. The predicted molar refractivity (Wildman–Crippen MR) is 126 cm³/mol. The number of nitrogens with zero attached hydrogens (tertiary/aromatic N) is 4. The Morgan fingerprint density at radius 3 is 2.47 bits per heavy atom. The van der Waals surface area contributed by atoms with E-state index in [1.165, 1.54) is 16.7 Å². The number of hydrogen-bond donors (Lipinski definition) is 1. The van der Waals surface area contributed by atoms with Gasteiger partial charge in [-0.1, -0.05) is 23.9 Å². The molecule has 0 saturated heterocycles. The van der Waals surface area contributed by atoms with E-state index < -0.39 is 0 Å². The van der Waals surface area contributed by atoms with E-state index >= 15 is 0 Å². The van der Waals surface area contributed by atoms with E-state index in [1.807, 2.05) is 25.3 Å². The molecular formula is C23H27N5O3S. The van der Waals surface area contributed by atoms with E-state index in [-0.39, 0.29) is 24.2 Å². The molecule has 0 aliphatic carbocycles. The topological polar surface area (TPSA) is 89.4 Å². The third-order valence-corrected chi connectivity index (χ3v) is 5.66. The van der Waals surface area contributed by atoms with Gasteiger partial charge in [0.25, 0.3) is 5.91 Å². The maximum Gasteiger partial charge on any atom is 0.259 e. The van der Waals surface area contributed by atoms with E-state index in [1.54, 1.807) is 38.4 Å². The van der Waals surface area contributed by atoms with Crippen LogP contribution in [0.2, 0.25) is 0 Å². The van der Waals surface area contributed by atoms with E-state index in [4.69, 9.17) is 4.74 Å². The zero-order valence-electron chi connectivity index (χ0n) is 18.9. The first-order valence-corrected chi connectivity index (χ1v) is 11.1. The van der Waals surface area contributed by atoms with Gasteiger partial charge in [-0.15, -0.1) is 10.2 Å². The van der Waals surface area contributed by atoms with E-state index in [9.17, 15) is 9.59 Å². The molecule has 2 amide bonds. The predicted octanol–water partition coefficient (Wildman–Crippen LogP) is 3.39. The summed E-state index contributed by atoms with van der Waals surface area (Å²) in [7, 11) is 3.35. The zero-order valence-corrected chi connectivity index (χ0v) is 19.7. The molecule has 168 valence electrons. The number of aryl methyl sites for hydroxylation is 3. The second-order valence-corrected chi connectivity index (χ2v) is 8.54. The normalized spacial score (nSPS) is 10.7. The fourth-order valence-electron chi connectivity index (χ4n) is 2.91. The Morgan fingerprint density at radius 1 is 1.06 bits per heavy atom. The van der Waals surface area contributed by atoms with Gasteiger partial charge in [-0.3, -0.25) is 14.2 Å². The largest absolute Gasteiger partial charge is 0.484 e. The summed E-state index contributed by atoms with van der Waals surface area (Å²) in [4.78, 5) is 25.5. The Labute approximate surface area is 192 Å². The average Bonchev–Trinajstić information content (AvgIpc) is 3.13. The minimum absolute atomic E-state index is 0.0319. The second-order valence-electron chi connectivity index (χ2n) is 7.59. The summed E-state index contributed by atoms with van der Waals surface area (Å²) in [6.45, 7) is 5.95. The number of benzene rings is 2. The number of carbonyl (C=O) groups excluding carboxylic acids is 2. The van der Waals surface area contributed by atoms with Crippen LogP contribution in [0.3, 0.4) is 0 Å². The number of amides is 2. The summed E-state index contributed by atoms with van der Waals surface area (Å²) in [5.74, 6) is 1.25. The molecule has 0 unspecified atom stereocenters. The molecule has 0 bridgehead atoms. The maximum absolute atomic E-state index is 12.5. The van der Waals surface area contributed by atoms with Crippen molar-refractivity contribution in [3.05, 3.63) is 59.4 Å². The Hall–Kier alpha value is -3.33. The Kier molecular flexibility index (Phi) is 7.53. The smallest absolute Gasteiger partial charge is 0.259 e. The standard InChI is InChI=1S/C23H27N5O3S/c1-15-6-7-16(2)20(12-15)28-17(3)25-26-23(28)32-14-21(29)24-18-8-10-19(11-9-18)31-13-22(30)27(4)5/h6-12H,13-14H2,1-5H3,(H,24,29). The first-order chi connectivity index (χ1) is 15.2. The molecule has 1 N–H and O–H groups in total. The second kappa shape index (κ2) is 10.3. The molecular weight excluding hydrogens is 426 g/mol. The van der Waals surface area contributed by atoms with Crippen LogP contribution in [-0.2, 0) is 9.59 Å². The number of anilines is 1.